The summed E-state index contributed by atoms with van der Waals surface area (Å²) in [6, 6.07) is 10.1. The van der Waals surface area contributed by atoms with E-state index in [9.17, 15) is 14.0 Å². The number of hydrogen-bond donors (Lipinski definition) is 2. The normalized spacial score (nSPS) is 26.4. The first-order chi connectivity index (χ1) is 14.0. The number of allylic oxidation sites excluding steroid dienone is 1. The van der Waals surface area contributed by atoms with Crippen LogP contribution in [0.25, 0.3) is 17.2 Å². The van der Waals surface area contributed by atoms with E-state index in [0.717, 1.165) is 36.1 Å². The van der Waals surface area contributed by atoms with E-state index in [1.165, 1.54) is 12.1 Å². The van der Waals surface area contributed by atoms with Crippen molar-refractivity contribution in [3.8, 4) is 11.1 Å². The van der Waals surface area contributed by atoms with Gasteiger partial charge in [0, 0.05) is 30.1 Å². The van der Waals surface area contributed by atoms with E-state index in [-0.39, 0.29) is 35.4 Å². The summed E-state index contributed by atoms with van der Waals surface area (Å²) < 4.78 is 13.4. The average Bonchev–Trinajstić information content (AvgIpc) is 3.00. The van der Waals surface area contributed by atoms with Crippen molar-refractivity contribution in [1.29, 1.82) is 0 Å². The second kappa shape index (κ2) is 8.15. The molecule has 150 valence electrons. The Morgan fingerprint density at radius 2 is 2.07 bits per heavy atom. The van der Waals surface area contributed by atoms with Crippen LogP contribution in [-0.2, 0) is 4.79 Å². The van der Waals surface area contributed by atoms with Gasteiger partial charge in [0.2, 0.25) is 0 Å². The maximum absolute atomic E-state index is 13.4. The maximum Gasteiger partial charge on any atom is 0.404 e. The number of benzene rings is 1. The topological polar surface area (TPSA) is 79.3 Å². The van der Waals surface area contributed by atoms with Gasteiger partial charge in [-0.15, -0.1) is 0 Å². The molecule has 4 rings (SSSR count). The average molecular weight is 394 g/mol. The molecule has 0 spiro atoms. The minimum atomic E-state index is -0.998. The molecule has 1 unspecified atom stereocenters. The second-order valence-electron chi connectivity index (χ2n) is 7.92. The fourth-order valence-corrected chi connectivity index (χ4v) is 4.73. The van der Waals surface area contributed by atoms with E-state index < -0.39 is 6.09 Å². The first-order valence-corrected chi connectivity index (χ1v) is 9.92. The van der Waals surface area contributed by atoms with Gasteiger partial charge in [-0.3, -0.25) is 9.78 Å². The highest BCUT2D eigenvalue weighted by Gasteiger charge is 2.44. The molecule has 1 amide bonds. The zero-order chi connectivity index (χ0) is 20.4. The van der Waals surface area contributed by atoms with Gasteiger partial charge in [-0.2, -0.15) is 0 Å². The summed E-state index contributed by atoms with van der Waals surface area (Å²) in [6.07, 6.45) is 7.40. The number of halogens is 1. The quantitative estimate of drug-likeness (QED) is 0.798. The molecule has 2 fully saturated rings. The van der Waals surface area contributed by atoms with Crippen LogP contribution in [0.15, 0.2) is 48.7 Å². The van der Waals surface area contributed by atoms with Crippen molar-refractivity contribution in [2.75, 3.05) is 0 Å². The van der Waals surface area contributed by atoms with Crippen molar-refractivity contribution in [2.24, 2.45) is 17.8 Å². The zero-order valence-corrected chi connectivity index (χ0v) is 15.9. The number of fused-ring (bicyclic) bond motifs is 1. The van der Waals surface area contributed by atoms with Crippen molar-refractivity contribution in [1.82, 2.24) is 10.3 Å². The molecule has 2 aliphatic rings. The molecule has 0 bridgehead atoms. The van der Waals surface area contributed by atoms with Gasteiger partial charge in [0.05, 0.1) is 5.69 Å². The van der Waals surface area contributed by atoms with Gasteiger partial charge < -0.3 is 10.4 Å². The lowest BCUT2D eigenvalue weighted by Gasteiger charge is -2.32. The molecule has 0 aliphatic heterocycles. The SMILES string of the molecule is O=C(O)NC1CC[C@@H]2[C@@H](CC(=O)[C@H]2C=Cc2ccc(-c3cccc(F)c3)cn2)C1. The number of hydrogen-bond acceptors (Lipinski definition) is 3. The highest BCUT2D eigenvalue weighted by molar-refractivity contribution is 5.86. The predicted molar refractivity (Wildman–Crippen MR) is 108 cm³/mol. The molecule has 1 aromatic carbocycles. The van der Waals surface area contributed by atoms with E-state index in [4.69, 9.17) is 5.11 Å². The first-order valence-electron chi connectivity index (χ1n) is 9.92. The van der Waals surface area contributed by atoms with Crippen molar-refractivity contribution in [2.45, 2.75) is 31.7 Å². The summed E-state index contributed by atoms with van der Waals surface area (Å²) in [5.41, 5.74) is 2.36. The molecule has 2 aromatic rings. The van der Waals surface area contributed by atoms with E-state index >= 15 is 0 Å². The molecule has 2 aliphatic carbocycles. The number of carbonyl (C=O) groups is 2. The summed E-state index contributed by atoms with van der Waals surface area (Å²) in [5, 5.41) is 11.5. The van der Waals surface area contributed by atoms with Crippen LogP contribution in [0.3, 0.4) is 0 Å². The number of rotatable bonds is 4. The molecule has 2 N–H and O–H groups in total. The third-order valence-corrected chi connectivity index (χ3v) is 6.08. The molecule has 1 heterocycles. The largest absolute Gasteiger partial charge is 0.465 e. The standard InChI is InChI=1S/C23H23FN2O3/c24-17-3-1-2-14(10-17)15-4-5-18(25-13-15)6-9-21-20-8-7-19(26-23(28)29)11-16(20)12-22(21)27/h1-6,9-10,13,16,19-21,26H,7-8,11-12H2,(H,28,29)/t16-,19?,20-,21+/m1/s1. The molecule has 0 saturated heterocycles. The molecule has 29 heavy (non-hydrogen) atoms. The molecule has 5 nitrogen and oxygen atoms in total. The summed E-state index contributed by atoms with van der Waals surface area (Å²) in [5.74, 6) is 0.330. The van der Waals surface area contributed by atoms with Crippen LogP contribution >= 0.6 is 0 Å². The Morgan fingerprint density at radius 1 is 1.21 bits per heavy atom. The van der Waals surface area contributed by atoms with E-state index in [1.54, 1.807) is 12.3 Å². The van der Waals surface area contributed by atoms with Crippen LogP contribution in [0.4, 0.5) is 9.18 Å². The number of nitrogens with one attached hydrogen (secondary N) is 1. The molecule has 6 heteroatoms. The minimum Gasteiger partial charge on any atom is -0.465 e. The number of Topliss-reactive ketones (excluding diaryl/α,β-unsaturated/α-hetero) is 1. The number of aromatic nitrogens is 1. The fourth-order valence-electron chi connectivity index (χ4n) is 4.73. The predicted octanol–water partition coefficient (Wildman–Crippen LogP) is 4.54. The summed E-state index contributed by atoms with van der Waals surface area (Å²) >= 11 is 0. The van der Waals surface area contributed by atoms with Crippen LogP contribution in [0, 0.1) is 23.6 Å². The summed E-state index contributed by atoms with van der Waals surface area (Å²) in [4.78, 5) is 27.8. The number of amides is 1. The Kier molecular flexibility index (Phi) is 5.43. The van der Waals surface area contributed by atoms with Crippen LogP contribution in [0.5, 0.6) is 0 Å². The van der Waals surface area contributed by atoms with Gasteiger partial charge in [0.25, 0.3) is 0 Å². The highest BCUT2D eigenvalue weighted by Crippen LogP contribution is 2.44. The highest BCUT2D eigenvalue weighted by atomic mass is 19.1. The van der Waals surface area contributed by atoms with E-state index in [1.807, 2.05) is 30.4 Å². The van der Waals surface area contributed by atoms with Crippen molar-refractivity contribution in [3.05, 3.63) is 60.2 Å². The lowest BCUT2D eigenvalue weighted by Crippen LogP contribution is -2.39. The molecule has 1 aromatic heterocycles. The number of carbonyl (C=O) groups excluding carboxylic acids is 1. The lowest BCUT2D eigenvalue weighted by atomic mass is 9.76. The van der Waals surface area contributed by atoms with Crippen LogP contribution in [0.1, 0.15) is 31.4 Å². The molecular formula is C23H23FN2O3. The smallest absolute Gasteiger partial charge is 0.404 e. The zero-order valence-electron chi connectivity index (χ0n) is 15.9. The van der Waals surface area contributed by atoms with Crippen molar-refractivity contribution < 1.29 is 19.1 Å². The van der Waals surface area contributed by atoms with Gasteiger partial charge in [-0.25, -0.2) is 9.18 Å². The Balaban J connectivity index is 1.42. The first kappa shape index (κ1) is 19.3. The fraction of sp³-hybridized carbons (Fsp3) is 0.348. The Labute approximate surface area is 168 Å². The Morgan fingerprint density at radius 3 is 2.79 bits per heavy atom. The minimum absolute atomic E-state index is 0.0543. The van der Waals surface area contributed by atoms with Crippen LogP contribution in [-0.4, -0.2) is 28.0 Å². The third-order valence-electron chi connectivity index (χ3n) is 6.08. The summed E-state index contributed by atoms with van der Waals surface area (Å²) in [6.45, 7) is 0. The number of carboxylic acid groups (broad SMARTS) is 1. The Hall–Kier alpha value is -3.02. The van der Waals surface area contributed by atoms with Crippen molar-refractivity contribution in [3.63, 3.8) is 0 Å². The molecule has 0 radical (unpaired) electrons. The molecule has 4 atom stereocenters. The van der Waals surface area contributed by atoms with Gasteiger partial charge >= 0.3 is 6.09 Å². The van der Waals surface area contributed by atoms with E-state index in [2.05, 4.69) is 10.3 Å². The number of ketones is 1. The molecule has 2 saturated carbocycles. The summed E-state index contributed by atoms with van der Waals surface area (Å²) in [7, 11) is 0. The molecular weight excluding hydrogens is 371 g/mol. The van der Waals surface area contributed by atoms with Crippen LogP contribution < -0.4 is 5.32 Å². The van der Waals surface area contributed by atoms with Gasteiger partial charge in [0.15, 0.2) is 0 Å². The second-order valence-corrected chi connectivity index (χ2v) is 7.92. The van der Waals surface area contributed by atoms with Crippen LogP contribution in [0.2, 0.25) is 0 Å². The number of nitrogens with zero attached hydrogens (tertiary/aromatic N) is 1. The van der Waals surface area contributed by atoms with Gasteiger partial charge in [-0.1, -0.05) is 24.3 Å². The number of pyridine rings is 1. The van der Waals surface area contributed by atoms with Crippen molar-refractivity contribution >= 4 is 18.0 Å². The monoisotopic (exact) mass is 394 g/mol. The maximum atomic E-state index is 13.4. The third kappa shape index (κ3) is 4.36. The van der Waals surface area contributed by atoms with Gasteiger partial charge in [-0.05, 0) is 60.9 Å². The van der Waals surface area contributed by atoms with Gasteiger partial charge in [0.1, 0.15) is 11.6 Å². The lowest BCUT2D eigenvalue weighted by molar-refractivity contribution is -0.120. The van der Waals surface area contributed by atoms with E-state index in [0.29, 0.717) is 6.42 Å². The Bertz CT molecular complexity index is 941.